The first kappa shape index (κ1) is 16.2. The average molecular weight is 294 g/mol. The van der Waals surface area contributed by atoms with E-state index in [9.17, 15) is 13.2 Å². The van der Waals surface area contributed by atoms with Crippen molar-refractivity contribution in [3.8, 4) is 0 Å². The molecule has 0 aliphatic carbocycles. The van der Waals surface area contributed by atoms with E-state index in [4.69, 9.17) is 0 Å². The van der Waals surface area contributed by atoms with Crippen LogP contribution in [0.3, 0.4) is 0 Å². The average Bonchev–Trinajstić information content (AvgIpc) is 2.35. The van der Waals surface area contributed by atoms with Crippen LogP contribution in [0.15, 0.2) is 0 Å². The van der Waals surface area contributed by atoms with E-state index in [2.05, 4.69) is 19.7 Å². The van der Waals surface area contributed by atoms with Crippen molar-refractivity contribution in [2.24, 2.45) is 0 Å². The van der Waals surface area contributed by atoms with Gasteiger partial charge in [0.1, 0.15) is 0 Å². The van der Waals surface area contributed by atoms with Crippen molar-refractivity contribution in [3.05, 3.63) is 0 Å². The summed E-state index contributed by atoms with van der Waals surface area (Å²) >= 11 is 0. The zero-order valence-electron chi connectivity index (χ0n) is 11.1. The molecule has 0 saturated carbocycles. The Kier molecular flexibility index (Phi) is 7.06. The van der Waals surface area contributed by atoms with Crippen LogP contribution in [-0.4, -0.2) is 65.3 Å². The Bertz CT molecular complexity index is 368. The predicted molar refractivity (Wildman–Crippen MR) is 71.0 cm³/mol. The lowest BCUT2D eigenvalue weighted by atomic mass is 10.3. The van der Waals surface area contributed by atoms with Crippen LogP contribution in [0, 0.1) is 0 Å². The van der Waals surface area contributed by atoms with Crippen LogP contribution in [-0.2, 0) is 14.9 Å². The molecule has 1 heterocycles. The third-order valence-electron chi connectivity index (χ3n) is 2.65. The molecule has 1 amide bonds. The Balaban J connectivity index is 2.14. The number of ether oxygens (including phenoxy) is 1. The highest BCUT2D eigenvalue weighted by atomic mass is 32.2. The summed E-state index contributed by atoms with van der Waals surface area (Å²) in [6, 6.07) is 0. The maximum Gasteiger partial charge on any atom is 0.421 e. The molecule has 0 aromatic carbocycles. The van der Waals surface area contributed by atoms with Crippen molar-refractivity contribution >= 4 is 16.3 Å². The fourth-order valence-electron chi connectivity index (χ4n) is 1.75. The van der Waals surface area contributed by atoms with Gasteiger partial charge in [0.05, 0.1) is 6.61 Å². The van der Waals surface area contributed by atoms with E-state index in [1.807, 2.05) is 0 Å². The van der Waals surface area contributed by atoms with E-state index in [-0.39, 0.29) is 6.61 Å². The van der Waals surface area contributed by atoms with Gasteiger partial charge in [0, 0.05) is 32.7 Å². The molecule has 0 aromatic rings. The van der Waals surface area contributed by atoms with E-state index in [1.165, 1.54) is 0 Å². The number of rotatable bonds is 7. The molecule has 1 saturated heterocycles. The van der Waals surface area contributed by atoms with E-state index >= 15 is 0 Å². The molecule has 112 valence electrons. The number of amides is 1. The zero-order chi connectivity index (χ0) is 14.1. The molecule has 1 aliphatic rings. The van der Waals surface area contributed by atoms with Crippen molar-refractivity contribution in [1.82, 2.24) is 19.7 Å². The molecule has 1 rings (SSSR count). The normalized spacial score (nSPS) is 17.1. The van der Waals surface area contributed by atoms with Crippen LogP contribution in [0.4, 0.5) is 4.79 Å². The molecule has 0 radical (unpaired) electrons. The van der Waals surface area contributed by atoms with E-state index in [0.717, 1.165) is 32.7 Å². The molecular formula is C10H22N4O4S. The Morgan fingerprint density at radius 3 is 2.68 bits per heavy atom. The molecule has 9 heteroatoms. The van der Waals surface area contributed by atoms with Crippen LogP contribution in [0.5, 0.6) is 0 Å². The van der Waals surface area contributed by atoms with Gasteiger partial charge in [-0.25, -0.2) is 9.52 Å². The highest BCUT2D eigenvalue weighted by molar-refractivity contribution is 7.88. The summed E-state index contributed by atoms with van der Waals surface area (Å²) in [6.07, 6.45) is -0.263. The van der Waals surface area contributed by atoms with E-state index < -0.39 is 16.3 Å². The van der Waals surface area contributed by atoms with Crippen molar-refractivity contribution in [2.75, 3.05) is 45.9 Å². The molecule has 0 bridgehead atoms. The second-order valence-corrected chi connectivity index (χ2v) is 5.67. The van der Waals surface area contributed by atoms with Gasteiger partial charge in [-0.1, -0.05) is 0 Å². The lowest BCUT2D eigenvalue weighted by molar-refractivity contribution is 0.158. The van der Waals surface area contributed by atoms with Crippen molar-refractivity contribution in [3.63, 3.8) is 0 Å². The SMILES string of the molecule is CCOC(=O)NS(=O)(=O)NCCCN1CCNCC1. The van der Waals surface area contributed by atoms with Crippen molar-refractivity contribution < 1.29 is 17.9 Å². The van der Waals surface area contributed by atoms with Gasteiger partial charge in [-0.05, 0) is 19.9 Å². The van der Waals surface area contributed by atoms with Crippen molar-refractivity contribution in [1.29, 1.82) is 0 Å². The first-order valence-corrected chi connectivity index (χ1v) is 7.89. The number of hydrogen-bond acceptors (Lipinski definition) is 6. The lowest BCUT2D eigenvalue weighted by Crippen LogP contribution is -2.45. The third-order valence-corrected chi connectivity index (χ3v) is 3.67. The minimum Gasteiger partial charge on any atom is -0.449 e. The second-order valence-electron chi connectivity index (χ2n) is 4.17. The molecule has 3 N–H and O–H groups in total. The highest BCUT2D eigenvalue weighted by Gasteiger charge is 2.14. The summed E-state index contributed by atoms with van der Waals surface area (Å²) in [7, 11) is -3.81. The fraction of sp³-hybridized carbons (Fsp3) is 0.900. The maximum atomic E-state index is 11.4. The van der Waals surface area contributed by atoms with Gasteiger partial charge >= 0.3 is 16.3 Å². The first-order valence-electron chi connectivity index (χ1n) is 6.40. The van der Waals surface area contributed by atoms with E-state index in [0.29, 0.717) is 13.0 Å². The van der Waals surface area contributed by atoms with Gasteiger partial charge < -0.3 is 15.0 Å². The molecule has 0 unspecified atom stereocenters. The molecule has 19 heavy (non-hydrogen) atoms. The number of carbonyl (C=O) groups excluding carboxylic acids is 1. The number of hydrogen-bond donors (Lipinski definition) is 3. The Hall–Kier alpha value is -0.900. The van der Waals surface area contributed by atoms with Crippen LogP contribution >= 0.6 is 0 Å². The molecular weight excluding hydrogens is 272 g/mol. The molecule has 1 fully saturated rings. The highest BCUT2D eigenvalue weighted by Crippen LogP contribution is 1.94. The van der Waals surface area contributed by atoms with Crippen molar-refractivity contribution in [2.45, 2.75) is 13.3 Å². The first-order chi connectivity index (χ1) is 9.03. The molecule has 0 atom stereocenters. The monoisotopic (exact) mass is 294 g/mol. The lowest BCUT2D eigenvalue weighted by Gasteiger charge is -2.26. The largest absolute Gasteiger partial charge is 0.449 e. The summed E-state index contributed by atoms with van der Waals surface area (Å²) in [5.41, 5.74) is 0. The van der Waals surface area contributed by atoms with Crippen LogP contribution in [0.1, 0.15) is 13.3 Å². The molecule has 8 nitrogen and oxygen atoms in total. The quantitative estimate of drug-likeness (QED) is 0.513. The number of nitrogens with one attached hydrogen (secondary N) is 3. The standard InChI is InChI=1S/C10H22N4O4S/c1-2-18-10(15)13-19(16,17)12-4-3-7-14-8-5-11-6-9-14/h11-12H,2-9H2,1H3,(H,13,15). The van der Waals surface area contributed by atoms with Gasteiger partial charge in [0.25, 0.3) is 0 Å². The number of nitrogens with zero attached hydrogens (tertiary/aromatic N) is 1. The summed E-state index contributed by atoms with van der Waals surface area (Å²) < 4.78 is 31.4. The minimum atomic E-state index is -3.81. The molecule has 1 aliphatic heterocycles. The van der Waals surface area contributed by atoms with Gasteiger partial charge in [-0.2, -0.15) is 13.1 Å². The summed E-state index contributed by atoms with van der Waals surface area (Å²) in [5.74, 6) is 0. The predicted octanol–water partition coefficient (Wildman–Crippen LogP) is -1.14. The number of piperazine rings is 1. The van der Waals surface area contributed by atoms with Crippen LogP contribution in [0.2, 0.25) is 0 Å². The van der Waals surface area contributed by atoms with Gasteiger partial charge in [0.2, 0.25) is 0 Å². The smallest absolute Gasteiger partial charge is 0.421 e. The van der Waals surface area contributed by atoms with Gasteiger partial charge in [-0.3, -0.25) is 0 Å². The summed E-state index contributed by atoms with van der Waals surface area (Å²) in [6.45, 7) is 6.76. The fourth-order valence-corrected chi connectivity index (χ4v) is 2.51. The van der Waals surface area contributed by atoms with Crippen LogP contribution in [0.25, 0.3) is 0 Å². The Morgan fingerprint density at radius 2 is 2.05 bits per heavy atom. The summed E-state index contributed by atoms with van der Waals surface area (Å²) in [5, 5.41) is 3.25. The number of carbonyl (C=O) groups is 1. The molecule has 0 aromatic heterocycles. The summed E-state index contributed by atoms with van der Waals surface area (Å²) in [4.78, 5) is 13.2. The zero-order valence-corrected chi connectivity index (χ0v) is 12.0. The van der Waals surface area contributed by atoms with Gasteiger partial charge in [0.15, 0.2) is 0 Å². The van der Waals surface area contributed by atoms with Crippen LogP contribution < -0.4 is 14.8 Å². The maximum absolute atomic E-state index is 11.4. The minimum absolute atomic E-state index is 0.129. The third kappa shape index (κ3) is 7.31. The van der Waals surface area contributed by atoms with E-state index in [1.54, 1.807) is 11.6 Å². The Labute approximate surface area is 114 Å². The Morgan fingerprint density at radius 1 is 1.37 bits per heavy atom. The van der Waals surface area contributed by atoms with Gasteiger partial charge in [-0.15, -0.1) is 0 Å². The second kappa shape index (κ2) is 8.31. The topological polar surface area (TPSA) is 99.8 Å². The molecule has 0 spiro atoms.